The Hall–Kier alpha value is -1.50. The van der Waals surface area contributed by atoms with Gasteiger partial charge in [0, 0.05) is 24.7 Å². The van der Waals surface area contributed by atoms with E-state index < -0.39 is 0 Å². The van der Waals surface area contributed by atoms with Crippen LogP contribution in [0.3, 0.4) is 0 Å². The number of nitrogens with one attached hydrogen (secondary N) is 2. The van der Waals surface area contributed by atoms with Crippen molar-refractivity contribution in [2.75, 3.05) is 20.2 Å². The van der Waals surface area contributed by atoms with Gasteiger partial charge < -0.3 is 4.74 Å². The molecule has 1 aromatic rings. The van der Waals surface area contributed by atoms with E-state index in [1.807, 2.05) is 18.2 Å². The summed E-state index contributed by atoms with van der Waals surface area (Å²) in [7, 11) is 1.63. The van der Waals surface area contributed by atoms with Crippen LogP contribution in [-0.4, -0.2) is 32.3 Å². The normalized spacial score (nSPS) is 19.9. The first-order valence-electron chi connectivity index (χ1n) is 5.51. The molecule has 0 atom stereocenters. The molecular weight excluding hydrogens is 254 g/mol. The summed E-state index contributed by atoms with van der Waals surface area (Å²) in [6.45, 7) is 1.85. The van der Waals surface area contributed by atoms with E-state index in [1.54, 1.807) is 7.11 Å². The fraction of sp³-hybridized carbons (Fsp3) is 0.364. The van der Waals surface area contributed by atoms with Crippen LogP contribution in [0.25, 0.3) is 0 Å². The molecule has 3 rings (SSSR count). The molecule has 0 aliphatic carbocycles. The lowest BCUT2D eigenvalue weighted by molar-refractivity contribution is 0.415. The van der Waals surface area contributed by atoms with Gasteiger partial charge in [-0.2, -0.15) is 0 Å². The van der Waals surface area contributed by atoms with Crippen molar-refractivity contribution in [1.82, 2.24) is 10.6 Å². The van der Waals surface area contributed by atoms with Gasteiger partial charge in [-0.05, 0) is 12.1 Å². The van der Waals surface area contributed by atoms with E-state index in [1.165, 1.54) is 0 Å². The third-order valence-corrected chi connectivity index (χ3v) is 2.75. The molecule has 96 valence electrons. The van der Waals surface area contributed by atoms with Gasteiger partial charge in [0.1, 0.15) is 11.4 Å². The molecule has 1 fully saturated rings. The third-order valence-electron chi connectivity index (χ3n) is 2.75. The SMILES string of the molecule is COc1ccc2c(c1)N=NC2=NC1NCCN1.Cl. The highest BCUT2D eigenvalue weighted by Gasteiger charge is 2.19. The molecule has 6 nitrogen and oxygen atoms in total. The quantitative estimate of drug-likeness (QED) is 0.852. The first kappa shape index (κ1) is 12.9. The molecule has 2 aliphatic rings. The average molecular weight is 268 g/mol. The molecule has 0 spiro atoms. The van der Waals surface area contributed by atoms with Gasteiger partial charge in [-0.1, -0.05) is 0 Å². The Labute approximate surface area is 111 Å². The van der Waals surface area contributed by atoms with Crippen LogP contribution in [0.15, 0.2) is 33.4 Å². The number of hydrogen-bond acceptors (Lipinski definition) is 5. The van der Waals surface area contributed by atoms with Gasteiger partial charge in [0.2, 0.25) is 0 Å². The standard InChI is InChI=1S/C11H13N5O.ClH/c1-17-7-2-3-8-9(6-7)15-16-10(8)14-11-12-4-5-13-11;/h2-3,6,11-13H,4-5H2,1H3;1H. The number of methoxy groups -OCH3 is 1. The van der Waals surface area contributed by atoms with E-state index in [0.29, 0.717) is 5.84 Å². The van der Waals surface area contributed by atoms with E-state index in [0.717, 1.165) is 30.1 Å². The van der Waals surface area contributed by atoms with Gasteiger partial charge in [-0.3, -0.25) is 10.6 Å². The van der Waals surface area contributed by atoms with Gasteiger partial charge in [0.25, 0.3) is 0 Å². The largest absolute Gasteiger partial charge is 0.497 e. The van der Waals surface area contributed by atoms with Gasteiger partial charge in [-0.25, -0.2) is 4.99 Å². The minimum Gasteiger partial charge on any atom is -0.497 e. The second-order valence-electron chi connectivity index (χ2n) is 3.85. The fourth-order valence-electron chi connectivity index (χ4n) is 1.86. The number of azo groups is 1. The summed E-state index contributed by atoms with van der Waals surface area (Å²) in [6.07, 6.45) is -0.0583. The maximum atomic E-state index is 5.14. The summed E-state index contributed by atoms with van der Waals surface area (Å²) in [5.41, 5.74) is 1.75. The zero-order valence-electron chi connectivity index (χ0n) is 9.88. The molecule has 1 aromatic carbocycles. The second-order valence-corrected chi connectivity index (χ2v) is 3.85. The zero-order chi connectivity index (χ0) is 11.7. The number of amidine groups is 1. The number of ether oxygens (including phenoxy) is 1. The molecule has 18 heavy (non-hydrogen) atoms. The van der Waals surface area contributed by atoms with Crippen molar-refractivity contribution in [2.45, 2.75) is 6.29 Å². The summed E-state index contributed by atoms with van der Waals surface area (Å²) >= 11 is 0. The first-order valence-corrected chi connectivity index (χ1v) is 5.51. The van der Waals surface area contributed by atoms with Crippen LogP contribution >= 0.6 is 12.4 Å². The van der Waals surface area contributed by atoms with Crippen LogP contribution in [-0.2, 0) is 0 Å². The Morgan fingerprint density at radius 1 is 1.28 bits per heavy atom. The lowest BCUT2D eigenvalue weighted by Crippen LogP contribution is -2.29. The number of aliphatic imine (C=N–C) groups is 1. The molecule has 0 amide bonds. The monoisotopic (exact) mass is 267 g/mol. The summed E-state index contributed by atoms with van der Waals surface area (Å²) < 4.78 is 5.14. The molecule has 2 N–H and O–H groups in total. The molecule has 0 unspecified atom stereocenters. The number of hydrogen-bond donors (Lipinski definition) is 2. The predicted molar refractivity (Wildman–Crippen MR) is 71.1 cm³/mol. The molecule has 0 aromatic heterocycles. The molecule has 2 heterocycles. The van der Waals surface area contributed by atoms with Crippen LogP contribution in [0.2, 0.25) is 0 Å². The average Bonchev–Trinajstić information content (AvgIpc) is 2.99. The van der Waals surface area contributed by atoms with Crippen LogP contribution < -0.4 is 15.4 Å². The van der Waals surface area contributed by atoms with E-state index >= 15 is 0 Å². The maximum absolute atomic E-state index is 5.14. The van der Waals surface area contributed by atoms with Crippen LogP contribution in [0.4, 0.5) is 5.69 Å². The minimum absolute atomic E-state index is 0. The van der Waals surface area contributed by atoms with Gasteiger partial charge in [0.05, 0.1) is 7.11 Å². The number of nitrogens with zero attached hydrogens (tertiary/aromatic N) is 3. The first-order chi connectivity index (χ1) is 8.36. The van der Waals surface area contributed by atoms with Crippen molar-refractivity contribution in [2.24, 2.45) is 15.2 Å². The highest BCUT2D eigenvalue weighted by molar-refractivity contribution is 6.05. The van der Waals surface area contributed by atoms with Crippen molar-refractivity contribution in [3.8, 4) is 5.75 Å². The van der Waals surface area contributed by atoms with Crippen molar-refractivity contribution < 1.29 is 4.74 Å². The van der Waals surface area contributed by atoms with E-state index in [-0.39, 0.29) is 18.7 Å². The van der Waals surface area contributed by atoms with E-state index in [4.69, 9.17) is 4.74 Å². The number of rotatable bonds is 2. The van der Waals surface area contributed by atoms with Gasteiger partial charge in [-0.15, -0.1) is 22.6 Å². The van der Waals surface area contributed by atoms with Crippen molar-refractivity contribution in [3.05, 3.63) is 23.8 Å². The lowest BCUT2D eigenvalue weighted by Gasteiger charge is -2.05. The Morgan fingerprint density at radius 3 is 2.78 bits per heavy atom. The predicted octanol–water partition coefficient (Wildman–Crippen LogP) is 1.44. The van der Waals surface area contributed by atoms with Crippen molar-refractivity contribution >= 4 is 23.9 Å². The highest BCUT2D eigenvalue weighted by atomic mass is 35.5. The molecular formula is C11H14ClN5O. The summed E-state index contributed by atoms with van der Waals surface area (Å²) in [5, 5.41) is 14.6. The Bertz CT molecular complexity index is 496. The summed E-state index contributed by atoms with van der Waals surface area (Å²) in [5.74, 6) is 1.44. The summed E-state index contributed by atoms with van der Waals surface area (Å²) in [4.78, 5) is 4.47. The van der Waals surface area contributed by atoms with E-state index in [9.17, 15) is 0 Å². The number of fused-ring (bicyclic) bond motifs is 1. The fourth-order valence-corrected chi connectivity index (χ4v) is 1.86. The molecule has 1 saturated heterocycles. The smallest absolute Gasteiger partial charge is 0.182 e. The molecule has 2 aliphatic heterocycles. The molecule has 7 heteroatoms. The van der Waals surface area contributed by atoms with Crippen LogP contribution in [0, 0.1) is 0 Å². The topological polar surface area (TPSA) is 70.4 Å². The van der Waals surface area contributed by atoms with Crippen LogP contribution in [0.1, 0.15) is 5.56 Å². The van der Waals surface area contributed by atoms with Crippen molar-refractivity contribution in [3.63, 3.8) is 0 Å². The minimum atomic E-state index is -0.0583. The van der Waals surface area contributed by atoms with Gasteiger partial charge in [0.15, 0.2) is 12.1 Å². The molecule has 0 saturated carbocycles. The third kappa shape index (κ3) is 2.35. The van der Waals surface area contributed by atoms with Crippen molar-refractivity contribution in [1.29, 1.82) is 0 Å². The molecule has 0 bridgehead atoms. The highest BCUT2D eigenvalue weighted by Crippen LogP contribution is 2.31. The lowest BCUT2D eigenvalue weighted by atomic mass is 10.1. The Balaban J connectivity index is 0.00000120. The second kappa shape index (κ2) is 5.43. The summed E-state index contributed by atoms with van der Waals surface area (Å²) in [6, 6.07) is 5.68. The number of benzene rings is 1. The zero-order valence-corrected chi connectivity index (χ0v) is 10.7. The number of halogens is 1. The van der Waals surface area contributed by atoms with E-state index in [2.05, 4.69) is 25.9 Å². The maximum Gasteiger partial charge on any atom is 0.182 e. The van der Waals surface area contributed by atoms with Gasteiger partial charge >= 0.3 is 0 Å². The van der Waals surface area contributed by atoms with Crippen LogP contribution in [0.5, 0.6) is 5.75 Å². The Morgan fingerprint density at radius 2 is 2.06 bits per heavy atom. The molecule has 0 radical (unpaired) electrons. The Kier molecular flexibility index (Phi) is 3.90.